The molecule has 0 aliphatic carbocycles. The third-order valence-electron chi connectivity index (χ3n) is 3.55. The lowest BCUT2D eigenvalue weighted by Crippen LogP contribution is -2.28. The topological polar surface area (TPSA) is 3.88 Å². The first-order valence-electron chi connectivity index (χ1n) is 6.74. The van der Waals surface area contributed by atoms with Crippen LogP contribution in [0.15, 0.2) is 72.9 Å². The highest BCUT2D eigenvalue weighted by atomic mass is 14.9. The van der Waals surface area contributed by atoms with E-state index in [-0.39, 0.29) is 0 Å². The Hall–Kier alpha value is -2.54. The predicted octanol–water partition coefficient (Wildman–Crippen LogP) is 4.26. The normalized spacial score (nSPS) is 10.4. The fourth-order valence-electron chi connectivity index (χ4n) is 2.45. The molecule has 2 aromatic carbocycles. The second-order valence-corrected chi connectivity index (χ2v) is 4.95. The molecule has 20 heavy (non-hydrogen) atoms. The van der Waals surface area contributed by atoms with Crippen LogP contribution in [0.5, 0.6) is 0 Å². The highest BCUT2D eigenvalue weighted by molar-refractivity contribution is 5.66. The van der Waals surface area contributed by atoms with Crippen LogP contribution in [0.1, 0.15) is 5.56 Å². The van der Waals surface area contributed by atoms with Gasteiger partial charge >= 0.3 is 0 Å². The van der Waals surface area contributed by atoms with Gasteiger partial charge in [0.25, 0.3) is 0 Å². The van der Waals surface area contributed by atoms with E-state index >= 15 is 0 Å². The van der Waals surface area contributed by atoms with E-state index in [2.05, 4.69) is 80.8 Å². The molecule has 1 heterocycles. The average Bonchev–Trinajstić information content (AvgIpc) is 2.49. The molecule has 0 unspecified atom stereocenters. The molecule has 1 nitrogen and oxygen atoms in total. The molecule has 0 amide bonds. The Morgan fingerprint density at radius 2 is 1.45 bits per heavy atom. The molecule has 0 aliphatic rings. The second-order valence-electron chi connectivity index (χ2n) is 4.95. The minimum Gasteiger partial charge on any atom is -0.332 e. The lowest BCUT2D eigenvalue weighted by atomic mass is 10.0. The number of pyridine rings is 1. The molecule has 1 aromatic heterocycles. The molecule has 0 aliphatic heterocycles. The number of aromatic nitrogens is 1. The summed E-state index contributed by atoms with van der Waals surface area (Å²) < 4.78 is 1.95. The summed E-state index contributed by atoms with van der Waals surface area (Å²) in [6.45, 7) is 2.13. The lowest BCUT2D eigenvalue weighted by Gasteiger charge is -2.12. The van der Waals surface area contributed by atoms with E-state index in [0.717, 1.165) is 5.69 Å². The maximum absolute atomic E-state index is 4.14. The van der Waals surface area contributed by atoms with Crippen molar-refractivity contribution in [2.45, 2.75) is 6.92 Å². The van der Waals surface area contributed by atoms with Crippen molar-refractivity contribution in [1.29, 1.82) is 0 Å². The van der Waals surface area contributed by atoms with Gasteiger partial charge < -0.3 is 4.57 Å². The number of hydrogen-bond donors (Lipinski definition) is 0. The van der Waals surface area contributed by atoms with E-state index < -0.39 is 0 Å². The van der Waals surface area contributed by atoms with Crippen molar-refractivity contribution in [3.63, 3.8) is 0 Å². The molecule has 0 saturated heterocycles. The van der Waals surface area contributed by atoms with Gasteiger partial charge in [0.2, 0.25) is 0 Å². The van der Waals surface area contributed by atoms with Crippen LogP contribution in [-0.2, 0) is 0 Å². The van der Waals surface area contributed by atoms with Crippen molar-refractivity contribution in [2.24, 2.45) is 0 Å². The number of aryl methyl sites for hydroxylation is 1. The number of hydrogen-bond acceptors (Lipinski definition) is 0. The predicted molar refractivity (Wildman–Crippen MR) is 83.0 cm³/mol. The number of nitrogens with zero attached hydrogens (tertiary/aromatic N) is 1. The average molecular weight is 259 g/mol. The monoisotopic (exact) mass is 259 g/mol. The summed E-state index contributed by atoms with van der Waals surface area (Å²) in [7, 11) is 4.14. The molecule has 0 radical (unpaired) electrons. The molecular weight excluding hydrogens is 242 g/mol. The minimum absolute atomic E-state index is 1.13. The Morgan fingerprint density at radius 3 is 2.15 bits per heavy atom. The Bertz CT molecular complexity index is 730. The van der Waals surface area contributed by atoms with E-state index in [9.17, 15) is 0 Å². The highest BCUT2D eigenvalue weighted by Crippen LogP contribution is 2.23. The van der Waals surface area contributed by atoms with Gasteiger partial charge in [-0.2, -0.15) is 0 Å². The Kier molecular flexibility index (Phi) is 3.26. The Morgan fingerprint density at radius 1 is 0.750 bits per heavy atom. The molecule has 1 heteroatoms. The molecule has 0 fully saturated rings. The summed E-state index contributed by atoms with van der Waals surface area (Å²) in [6, 6.07) is 23.0. The standard InChI is InChI=1S/C19H17N/c1-15-8-6-7-11-18(15)19-13-12-17(14-20(19)2)16-9-4-3-5-10-16/h3-14H,2H2,1H3. The van der Waals surface area contributed by atoms with Crippen molar-refractivity contribution < 1.29 is 4.57 Å². The molecule has 0 atom stereocenters. The number of benzene rings is 2. The van der Waals surface area contributed by atoms with Gasteiger partial charge in [0.1, 0.15) is 5.69 Å². The zero-order chi connectivity index (χ0) is 13.9. The van der Waals surface area contributed by atoms with Crippen LogP contribution >= 0.6 is 0 Å². The van der Waals surface area contributed by atoms with Crippen LogP contribution in [0.25, 0.3) is 22.4 Å². The fraction of sp³-hybridized carbons (Fsp3) is 0.0526. The summed E-state index contributed by atoms with van der Waals surface area (Å²) in [5.41, 5.74) is 6.00. The summed E-state index contributed by atoms with van der Waals surface area (Å²) in [5.74, 6) is 0. The van der Waals surface area contributed by atoms with Crippen molar-refractivity contribution in [3.8, 4) is 22.4 Å². The van der Waals surface area contributed by atoms with Crippen LogP contribution in [0.4, 0.5) is 0 Å². The quantitative estimate of drug-likeness (QED) is 0.478. The van der Waals surface area contributed by atoms with Crippen LogP contribution < -0.4 is 4.57 Å². The summed E-state index contributed by atoms with van der Waals surface area (Å²) in [4.78, 5) is 0. The van der Waals surface area contributed by atoms with E-state index in [4.69, 9.17) is 0 Å². The van der Waals surface area contributed by atoms with E-state index in [1.54, 1.807) is 0 Å². The summed E-state index contributed by atoms with van der Waals surface area (Å²) in [6.07, 6.45) is 2.08. The Labute approximate surface area is 120 Å². The molecule has 0 spiro atoms. The minimum atomic E-state index is 1.13. The smallest absolute Gasteiger partial charge is 0.112 e. The second kappa shape index (κ2) is 5.22. The molecule has 0 saturated carbocycles. The molecule has 3 aromatic rings. The zero-order valence-electron chi connectivity index (χ0n) is 11.6. The van der Waals surface area contributed by atoms with Crippen molar-refractivity contribution in [1.82, 2.24) is 0 Å². The lowest BCUT2D eigenvalue weighted by molar-refractivity contribution is -0.600. The van der Waals surface area contributed by atoms with Gasteiger partial charge in [0.15, 0.2) is 0 Å². The van der Waals surface area contributed by atoms with Crippen LogP contribution in [0.3, 0.4) is 0 Å². The summed E-state index contributed by atoms with van der Waals surface area (Å²) in [5, 5.41) is 0. The van der Waals surface area contributed by atoms with Gasteiger partial charge in [-0.15, -0.1) is 0 Å². The molecule has 0 bridgehead atoms. The third kappa shape index (κ3) is 2.30. The van der Waals surface area contributed by atoms with Gasteiger partial charge in [-0.1, -0.05) is 60.7 Å². The first-order valence-corrected chi connectivity index (χ1v) is 6.74. The van der Waals surface area contributed by atoms with Gasteiger partial charge in [-0.05, 0) is 35.2 Å². The largest absolute Gasteiger partial charge is 0.332 e. The van der Waals surface area contributed by atoms with Crippen LogP contribution in [-0.4, -0.2) is 0 Å². The zero-order valence-corrected chi connectivity index (χ0v) is 11.6. The molecule has 3 rings (SSSR count). The molecular formula is C19H17N. The molecule has 98 valence electrons. The van der Waals surface area contributed by atoms with Crippen LogP contribution in [0.2, 0.25) is 0 Å². The first kappa shape index (κ1) is 12.5. The first-order chi connectivity index (χ1) is 9.75. The maximum Gasteiger partial charge on any atom is 0.112 e. The van der Waals surface area contributed by atoms with E-state index in [0.29, 0.717) is 0 Å². The van der Waals surface area contributed by atoms with Gasteiger partial charge in [-0.3, -0.25) is 0 Å². The highest BCUT2D eigenvalue weighted by Gasteiger charge is 2.06. The van der Waals surface area contributed by atoms with E-state index in [1.165, 1.54) is 22.3 Å². The van der Waals surface area contributed by atoms with Gasteiger partial charge in [0, 0.05) is 7.05 Å². The Balaban J connectivity index is 2.07. The summed E-state index contributed by atoms with van der Waals surface area (Å²) >= 11 is 0. The third-order valence-corrected chi connectivity index (χ3v) is 3.55. The SMILES string of the molecule is [CH2-][n+]1cc(-c2ccccc2)ccc1-c1ccccc1C. The van der Waals surface area contributed by atoms with Gasteiger partial charge in [-0.25, -0.2) is 0 Å². The fourth-order valence-corrected chi connectivity index (χ4v) is 2.45. The van der Waals surface area contributed by atoms with Crippen LogP contribution in [0, 0.1) is 14.0 Å². The van der Waals surface area contributed by atoms with Gasteiger partial charge in [0.05, 0.1) is 6.20 Å². The van der Waals surface area contributed by atoms with Crippen molar-refractivity contribution in [3.05, 3.63) is 85.5 Å². The van der Waals surface area contributed by atoms with Crippen molar-refractivity contribution in [2.75, 3.05) is 0 Å². The van der Waals surface area contributed by atoms with E-state index in [1.807, 2.05) is 10.6 Å². The number of rotatable bonds is 2. The molecule has 0 N–H and O–H groups in total. The maximum atomic E-state index is 4.14. The van der Waals surface area contributed by atoms with Crippen molar-refractivity contribution >= 4 is 0 Å².